The van der Waals surface area contributed by atoms with E-state index in [1.165, 1.54) is 12.0 Å². The Bertz CT molecular complexity index is 907. The van der Waals surface area contributed by atoms with E-state index < -0.39 is 0 Å². The molecule has 32 heavy (non-hydrogen) atoms. The van der Waals surface area contributed by atoms with E-state index in [2.05, 4.69) is 33.0 Å². The number of rotatable bonds is 0. The first-order chi connectivity index (χ1) is 15.2. The van der Waals surface area contributed by atoms with Crippen molar-refractivity contribution in [3.05, 3.63) is 22.8 Å². The summed E-state index contributed by atoms with van der Waals surface area (Å²) in [7, 11) is 0. The van der Waals surface area contributed by atoms with Crippen molar-refractivity contribution in [2.75, 3.05) is 6.54 Å². The fourth-order valence-electron chi connectivity index (χ4n) is 9.26. The zero-order valence-electron chi connectivity index (χ0n) is 20.5. The van der Waals surface area contributed by atoms with Crippen molar-refractivity contribution in [1.29, 1.82) is 0 Å². The largest absolute Gasteiger partial charge is 0.369 e. The van der Waals surface area contributed by atoms with E-state index >= 15 is 0 Å². The molecule has 4 fully saturated rings. The van der Waals surface area contributed by atoms with Gasteiger partial charge in [-0.3, -0.25) is 4.79 Å². The van der Waals surface area contributed by atoms with Crippen LogP contribution in [0.2, 0.25) is 0 Å². The Kier molecular flexibility index (Phi) is 4.73. The molecule has 0 aromatic rings. The molecule has 0 bridgehead atoms. The number of ether oxygens (including phenoxy) is 1. The molecule has 176 valence electrons. The molecule has 3 N–H and O–H groups in total. The Morgan fingerprint density at radius 1 is 1.19 bits per heavy atom. The highest BCUT2D eigenvalue weighted by Gasteiger charge is 2.62. The fourth-order valence-corrected chi connectivity index (χ4v) is 9.26. The third-order valence-corrected chi connectivity index (χ3v) is 11.2. The van der Waals surface area contributed by atoms with Crippen LogP contribution in [0, 0.1) is 29.1 Å². The monoisotopic (exact) mass is 438 g/mol. The van der Waals surface area contributed by atoms with Crippen molar-refractivity contribution in [2.24, 2.45) is 34.8 Å². The second-order valence-electron chi connectivity index (χ2n) is 12.8. The number of nitrogens with two attached hydrogens (primary N) is 1. The number of allylic oxidation sites excluding steroid dienone is 2. The topological polar surface area (TPSA) is 64.4 Å². The van der Waals surface area contributed by atoms with Crippen molar-refractivity contribution in [3.8, 4) is 0 Å². The second kappa shape index (κ2) is 7.02. The van der Waals surface area contributed by atoms with Gasteiger partial charge in [-0.2, -0.15) is 0 Å². The Morgan fingerprint density at radius 3 is 2.81 bits per heavy atom. The van der Waals surface area contributed by atoms with Crippen molar-refractivity contribution < 1.29 is 9.53 Å². The van der Waals surface area contributed by atoms with Gasteiger partial charge in [0.2, 0.25) is 0 Å². The molecular weight excluding hydrogens is 396 g/mol. The van der Waals surface area contributed by atoms with Gasteiger partial charge in [-0.1, -0.05) is 37.5 Å². The summed E-state index contributed by atoms with van der Waals surface area (Å²) < 4.78 is 6.99. The number of nitrogens with one attached hydrogen (secondary N) is 1. The van der Waals surface area contributed by atoms with Crippen LogP contribution in [-0.2, 0) is 9.53 Å². The summed E-state index contributed by atoms with van der Waals surface area (Å²) in [6.07, 6.45) is 11.7. The highest BCUT2D eigenvalue weighted by molar-refractivity contribution is 5.91. The van der Waals surface area contributed by atoms with Gasteiger partial charge in [0.25, 0.3) is 0 Å². The fraction of sp³-hybridized carbons (Fsp3) is 0.821. The minimum Gasteiger partial charge on any atom is -0.369 e. The molecule has 2 saturated heterocycles. The maximum atomic E-state index is 12.1. The average Bonchev–Trinajstić information content (AvgIpc) is 3.13. The van der Waals surface area contributed by atoms with Crippen LogP contribution in [0.3, 0.4) is 0 Å². The Hall–Kier alpha value is -0.970. The predicted molar refractivity (Wildman–Crippen MR) is 127 cm³/mol. The van der Waals surface area contributed by atoms with Crippen LogP contribution in [0.25, 0.3) is 0 Å². The van der Waals surface area contributed by atoms with Crippen LogP contribution in [0.15, 0.2) is 22.8 Å². The predicted octanol–water partition coefficient (Wildman–Crippen LogP) is 4.68. The number of piperidine rings is 1. The van der Waals surface area contributed by atoms with Crippen molar-refractivity contribution in [2.45, 2.75) is 109 Å². The van der Waals surface area contributed by atoms with Crippen molar-refractivity contribution >= 4 is 5.78 Å². The van der Waals surface area contributed by atoms with E-state index in [-0.39, 0.29) is 16.6 Å². The number of ketones is 1. The number of carbonyl (C=O) groups excluding carboxylic acids is 1. The molecule has 6 rings (SSSR count). The van der Waals surface area contributed by atoms with Crippen LogP contribution >= 0.6 is 0 Å². The SMILES string of the molecule is CC1=C2C[C@H]3[C@@](N)(CCC4=CC(=O)CC[C@@]43C)[C@@H]2CC[C@@]2(C1)O[C@@H]1C[C@H](C)CN[C@H]1[C@H]2C. The Morgan fingerprint density at radius 2 is 2.00 bits per heavy atom. The molecule has 1 spiro atoms. The number of hydrogen-bond acceptors (Lipinski definition) is 4. The van der Waals surface area contributed by atoms with Gasteiger partial charge in [0, 0.05) is 23.9 Å². The molecule has 2 aliphatic heterocycles. The maximum absolute atomic E-state index is 12.1. The summed E-state index contributed by atoms with van der Waals surface area (Å²) in [5, 5.41) is 3.83. The highest BCUT2D eigenvalue weighted by atomic mass is 16.5. The lowest BCUT2D eigenvalue weighted by atomic mass is 9.53. The molecule has 0 amide bonds. The molecule has 4 nitrogen and oxygen atoms in total. The summed E-state index contributed by atoms with van der Waals surface area (Å²) in [5.74, 6) is 2.51. The molecule has 4 aliphatic carbocycles. The van der Waals surface area contributed by atoms with Crippen LogP contribution in [0.4, 0.5) is 0 Å². The quantitative estimate of drug-likeness (QED) is 0.539. The van der Waals surface area contributed by atoms with E-state index in [1.54, 1.807) is 11.1 Å². The van der Waals surface area contributed by atoms with E-state index in [0.717, 1.165) is 51.5 Å². The number of carbonyl (C=O) groups is 1. The zero-order chi connectivity index (χ0) is 22.5. The normalized spacial score (nSPS) is 52.8. The summed E-state index contributed by atoms with van der Waals surface area (Å²) >= 11 is 0. The van der Waals surface area contributed by atoms with Gasteiger partial charge in [0.15, 0.2) is 5.78 Å². The molecule has 2 saturated carbocycles. The second-order valence-corrected chi connectivity index (χ2v) is 12.8. The molecule has 2 heterocycles. The van der Waals surface area contributed by atoms with Gasteiger partial charge >= 0.3 is 0 Å². The smallest absolute Gasteiger partial charge is 0.155 e. The third kappa shape index (κ3) is 2.81. The van der Waals surface area contributed by atoms with Crippen LogP contribution < -0.4 is 11.1 Å². The third-order valence-electron chi connectivity index (χ3n) is 11.2. The minimum absolute atomic E-state index is 0.0272. The molecule has 0 aromatic heterocycles. The van der Waals surface area contributed by atoms with E-state index in [1.807, 2.05) is 6.08 Å². The van der Waals surface area contributed by atoms with Gasteiger partial charge in [-0.15, -0.1) is 0 Å². The standard InChI is InChI=1S/C28H42N2O2/c1-16-11-23-25(30-15-16)18(3)27(32-23)9-7-22-21(17(2)14-27)13-24-26(4)8-6-20(31)12-19(26)5-10-28(22,24)29/h12,16,18,22-25,30H,5-11,13-15,29H2,1-4H3/t16-,18+,22+,23+,24+,25-,26-,27-,28+/m0/s1. The van der Waals surface area contributed by atoms with E-state index in [9.17, 15) is 4.79 Å². The molecule has 6 aliphatic rings. The molecule has 4 heteroatoms. The van der Waals surface area contributed by atoms with E-state index in [4.69, 9.17) is 10.5 Å². The Balaban J connectivity index is 1.33. The lowest BCUT2D eigenvalue weighted by Crippen LogP contribution is -2.58. The van der Waals surface area contributed by atoms with Gasteiger partial charge in [-0.25, -0.2) is 0 Å². The maximum Gasteiger partial charge on any atom is 0.155 e. The minimum atomic E-state index is -0.129. The first kappa shape index (κ1) is 21.6. The number of hydrogen-bond donors (Lipinski definition) is 2. The molecule has 0 aromatic carbocycles. The first-order valence-electron chi connectivity index (χ1n) is 13.3. The lowest BCUT2D eigenvalue weighted by molar-refractivity contribution is -0.116. The molecule has 0 radical (unpaired) electrons. The summed E-state index contributed by atoms with van der Waals surface area (Å²) in [4.78, 5) is 12.1. The van der Waals surface area contributed by atoms with Gasteiger partial charge < -0.3 is 15.8 Å². The zero-order valence-corrected chi connectivity index (χ0v) is 20.5. The summed E-state index contributed by atoms with van der Waals surface area (Å²) in [6, 6.07) is 0.502. The van der Waals surface area contributed by atoms with Crippen molar-refractivity contribution in [3.63, 3.8) is 0 Å². The average molecular weight is 439 g/mol. The van der Waals surface area contributed by atoms with Crippen LogP contribution in [0.5, 0.6) is 0 Å². The van der Waals surface area contributed by atoms with Gasteiger partial charge in [0.1, 0.15) is 0 Å². The first-order valence-corrected chi connectivity index (χ1v) is 13.3. The lowest BCUT2D eigenvalue weighted by Gasteiger charge is -2.53. The Labute approximate surface area is 193 Å². The number of fused-ring (bicyclic) bond motifs is 6. The molecule has 9 atom stereocenters. The molecule has 0 unspecified atom stereocenters. The van der Waals surface area contributed by atoms with Gasteiger partial charge in [-0.05, 0) is 94.1 Å². The summed E-state index contributed by atoms with van der Waals surface area (Å²) in [6.45, 7) is 10.7. The van der Waals surface area contributed by atoms with E-state index in [0.29, 0.717) is 48.0 Å². The van der Waals surface area contributed by atoms with Crippen molar-refractivity contribution in [1.82, 2.24) is 5.32 Å². The highest BCUT2D eigenvalue weighted by Crippen LogP contribution is 2.64. The van der Waals surface area contributed by atoms with Crippen LogP contribution in [0.1, 0.15) is 85.5 Å². The van der Waals surface area contributed by atoms with Crippen LogP contribution in [-0.4, -0.2) is 35.6 Å². The molecular formula is C28H42N2O2. The van der Waals surface area contributed by atoms with Gasteiger partial charge in [0.05, 0.1) is 11.7 Å². The summed E-state index contributed by atoms with van der Waals surface area (Å²) in [5.41, 5.74) is 12.0.